The first-order chi connectivity index (χ1) is 3.80. The molecule has 0 unspecified atom stereocenters. The van der Waals surface area contributed by atoms with Crippen molar-refractivity contribution in [2.75, 3.05) is 13.1 Å². The van der Waals surface area contributed by atoms with E-state index in [1.807, 2.05) is 0 Å². The number of rotatable bonds is 0. The fraction of sp³-hybridized carbons (Fsp3) is 1.00. The first-order valence-corrected chi connectivity index (χ1v) is 3.27. The van der Waals surface area contributed by atoms with Gasteiger partial charge in [0.2, 0.25) is 0 Å². The third kappa shape index (κ3) is 1.34. The minimum atomic E-state index is -0.342. The number of nitrogens with one attached hydrogen (secondary N) is 1. The Labute approximate surface area is 53.8 Å². The summed E-state index contributed by atoms with van der Waals surface area (Å²) in [5, 5.41) is 12.0. The van der Waals surface area contributed by atoms with E-state index in [1.165, 1.54) is 0 Å². The topological polar surface area (TPSA) is 32.3 Å². The van der Waals surface area contributed by atoms with Crippen molar-refractivity contribution in [2.24, 2.45) is 0 Å². The molecule has 2 nitrogen and oxygen atoms in total. The lowest BCUT2D eigenvalue weighted by Crippen LogP contribution is -2.41. The number of hydrogen-bond acceptors (Lipinski definition) is 2. The zero-order valence-corrected chi connectivity index (χ0v) is 5.36. The van der Waals surface area contributed by atoms with Crippen LogP contribution in [-0.4, -0.2) is 29.7 Å². The van der Waals surface area contributed by atoms with Gasteiger partial charge in [-0.3, -0.25) is 0 Å². The van der Waals surface area contributed by atoms with E-state index in [-0.39, 0.29) is 11.5 Å². The van der Waals surface area contributed by atoms with Gasteiger partial charge in [-0.2, -0.15) is 0 Å². The second-order valence-electron chi connectivity index (χ2n) is 2.08. The van der Waals surface area contributed by atoms with Crippen LogP contribution < -0.4 is 5.32 Å². The summed E-state index contributed by atoms with van der Waals surface area (Å²) in [5.74, 6) is 0. The van der Waals surface area contributed by atoms with Crippen LogP contribution in [-0.2, 0) is 0 Å². The van der Waals surface area contributed by atoms with Crippen molar-refractivity contribution in [3.05, 3.63) is 0 Å². The molecule has 1 heterocycles. The van der Waals surface area contributed by atoms with Gasteiger partial charge in [0.1, 0.15) is 0 Å². The maximum absolute atomic E-state index is 8.98. The summed E-state index contributed by atoms with van der Waals surface area (Å²) in [6.07, 6.45) is 0.535. The molecule has 0 aliphatic carbocycles. The molecule has 0 bridgehead atoms. The lowest BCUT2D eigenvalue weighted by atomic mass is 10.1. The fourth-order valence-corrected chi connectivity index (χ4v) is 1.01. The molecule has 0 aromatic carbocycles. The van der Waals surface area contributed by atoms with Gasteiger partial charge in [-0.05, 0) is 13.0 Å². The molecule has 2 N–H and O–H groups in total. The number of halogens is 1. The number of alkyl halides is 1. The van der Waals surface area contributed by atoms with Gasteiger partial charge >= 0.3 is 0 Å². The maximum atomic E-state index is 8.98. The lowest BCUT2D eigenvalue weighted by molar-refractivity contribution is 0.146. The predicted molar refractivity (Wildman–Crippen MR) is 33.1 cm³/mol. The first-order valence-electron chi connectivity index (χ1n) is 2.83. The van der Waals surface area contributed by atoms with E-state index in [2.05, 4.69) is 5.32 Å². The molecular weight excluding hydrogens is 126 g/mol. The predicted octanol–water partition coefficient (Wildman–Crippen LogP) is -0.0520. The van der Waals surface area contributed by atoms with E-state index >= 15 is 0 Å². The molecule has 1 saturated heterocycles. The van der Waals surface area contributed by atoms with E-state index in [1.54, 1.807) is 0 Å². The monoisotopic (exact) mass is 135 g/mol. The molecule has 48 valence electrons. The highest BCUT2D eigenvalue weighted by Crippen LogP contribution is 2.09. The maximum Gasteiger partial charge on any atom is 0.0828 e. The summed E-state index contributed by atoms with van der Waals surface area (Å²) in [6, 6.07) is 0. The van der Waals surface area contributed by atoms with Crippen molar-refractivity contribution in [1.82, 2.24) is 5.32 Å². The Morgan fingerprint density at radius 2 is 2.38 bits per heavy atom. The molecule has 0 radical (unpaired) electrons. The average Bonchev–Trinajstić information content (AvgIpc) is 1.77. The zero-order valence-electron chi connectivity index (χ0n) is 4.60. The minimum absolute atomic E-state index is 0.0312. The highest BCUT2D eigenvalue weighted by atomic mass is 35.5. The molecule has 0 saturated carbocycles. The standard InChI is InChI=1S/C5H10ClNO/c6-4-1-2-7-3-5(4)8/h4-5,7-8H,1-3H2/t4-,5-/m1/s1. The number of hydrogen-bond donors (Lipinski definition) is 2. The van der Waals surface area contributed by atoms with E-state index in [0.29, 0.717) is 6.54 Å². The fourth-order valence-electron chi connectivity index (χ4n) is 0.810. The Kier molecular flexibility index (Phi) is 2.11. The molecule has 0 amide bonds. The van der Waals surface area contributed by atoms with Crippen LogP contribution in [0.4, 0.5) is 0 Å². The van der Waals surface area contributed by atoms with E-state index in [4.69, 9.17) is 16.7 Å². The molecule has 0 aromatic heterocycles. The summed E-state index contributed by atoms with van der Waals surface area (Å²) in [4.78, 5) is 0. The Morgan fingerprint density at radius 1 is 1.62 bits per heavy atom. The second-order valence-corrected chi connectivity index (χ2v) is 2.64. The van der Waals surface area contributed by atoms with Crippen molar-refractivity contribution in [3.8, 4) is 0 Å². The van der Waals surface area contributed by atoms with Gasteiger partial charge in [-0.1, -0.05) is 0 Å². The SMILES string of the molecule is O[C@@H]1CNCC[C@H]1Cl. The molecule has 0 aromatic rings. The summed E-state index contributed by atoms with van der Waals surface area (Å²) in [7, 11) is 0. The van der Waals surface area contributed by atoms with Crippen LogP contribution in [0.2, 0.25) is 0 Å². The quantitative estimate of drug-likeness (QED) is 0.457. The molecular formula is C5H10ClNO. The van der Waals surface area contributed by atoms with Crippen LogP contribution in [0, 0.1) is 0 Å². The zero-order chi connectivity index (χ0) is 5.98. The largest absolute Gasteiger partial charge is 0.390 e. The number of piperidine rings is 1. The molecule has 1 rings (SSSR count). The highest BCUT2D eigenvalue weighted by molar-refractivity contribution is 6.21. The third-order valence-corrected chi connectivity index (χ3v) is 1.88. The van der Waals surface area contributed by atoms with Gasteiger partial charge < -0.3 is 10.4 Å². The van der Waals surface area contributed by atoms with Crippen LogP contribution in [0.25, 0.3) is 0 Å². The Hall–Kier alpha value is 0.210. The van der Waals surface area contributed by atoms with Crippen LogP contribution in [0.3, 0.4) is 0 Å². The van der Waals surface area contributed by atoms with Crippen molar-refractivity contribution in [2.45, 2.75) is 17.9 Å². The van der Waals surface area contributed by atoms with E-state index < -0.39 is 0 Å². The van der Waals surface area contributed by atoms with Crippen molar-refractivity contribution in [3.63, 3.8) is 0 Å². The van der Waals surface area contributed by atoms with Gasteiger partial charge in [-0.25, -0.2) is 0 Å². The molecule has 2 atom stereocenters. The van der Waals surface area contributed by atoms with Crippen LogP contribution in [0.1, 0.15) is 6.42 Å². The van der Waals surface area contributed by atoms with Gasteiger partial charge in [-0.15, -0.1) is 11.6 Å². The third-order valence-electron chi connectivity index (χ3n) is 1.37. The summed E-state index contributed by atoms with van der Waals surface area (Å²) >= 11 is 5.68. The second kappa shape index (κ2) is 2.67. The van der Waals surface area contributed by atoms with Crippen LogP contribution in [0.5, 0.6) is 0 Å². The Balaban J connectivity index is 2.28. The lowest BCUT2D eigenvalue weighted by Gasteiger charge is -2.22. The van der Waals surface area contributed by atoms with Gasteiger partial charge in [0.25, 0.3) is 0 Å². The first kappa shape index (κ1) is 6.33. The number of β-amino-alcohol motifs (C(OH)–C–C–N with tert-alkyl or cyclic N) is 1. The Morgan fingerprint density at radius 3 is 2.75 bits per heavy atom. The highest BCUT2D eigenvalue weighted by Gasteiger charge is 2.19. The normalized spacial score (nSPS) is 39.8. The smallest absolute Gasteiger partial charge is 0.0828 e. The molecule has 3 heteroatoms. The Bertz CT molecular complexity index is 68.8. The van der Waals surface area contributed by atoms with Crippen LogP contribution >= 0.6 is 11.6 Å². The van der Waals surface area contributed by atoms with Crippen LogP contribution in [0.15, 0.2) is 0 Å². The minimum Gasteiger partial charge on any atom is -0.390 e. The van der Waals surface area contributed by atoms with Gasteiger partial charge in [0.15, 0.2) is 0 Å². The summed E-state index contributed by atoms with van der Waals surface area (Å²) in [6.45, 7) is 1.58. The molecule has 8 heavy (non-hydrogen) atoms. The van der Waals surface area contributed by atoms with Crippen molar-refractivity contribution >= 4 is 11.6 Å². The van der Waals surface area contributed by atoms with E-state index in [0.717, 1.165) is 13.0 Å². The van der Waals surface area contributed by atoms with E-state index in [9.17, 15) is 0 Å². The summed E-state index contributed by atoms with van der Waals surface area (Å²) in [5.41, 5.74) is 0. The summed E-state index contributed by atoms with van der Waals surface area (Å²) < 4.78 is 0. The van der Waals surface area contributed by atoms with Gasteiger partial charge in [0, 0.05) is 6.54 Å². The molecule has 1 fully saturated rings. The van der Waals surface area contributed by atoms with Gasteiger partial charge in [0.05, 0.1) is 11.5 Å². The molecule has 0 spiro atoms. The number of aliphatic hydroxyl groups excluding tert-OH is 1. The number of aliphatic hydroxyl groups is 1. The molecule has 1 aliphatic rings. The molecule has 1 aliphatic heterocycles. The van der Waals surface area contributed by atoms with Crippen molar-refractivity contribution < 1.29 is 5.11 Å². The van der Waals surface area contributed by atoms with Crippen molar-refractivity contribution in [1.29, 1.82) is 0 Å². The average molecular weight is 136 g/mol.